The van der Waals surface area contributed by atoms with Crippen molar-refractivity contribution in [3.05, 3.63) is 82.3 Å². The van der Waals surface area contributed by atoms with Crippen molar-refractivity contribution in [2.45, 2.75) is 57.3 Å². The first-order valence-electron chi connectivity index (χ1n) is 11.0. The maximum Gasteiger partial charge on any atom is 0.414 e. The molecule has 9 heteroatoms. The number of rotatable bonds is 8. The molecule has 3 aromatic rings. The number of aryl methyl sites for hydroxylation is 1. The smallest absolute Gasteiger partial charge is 0.414 e. The molecule has 1 heterocycles. The first kappa shape index (κ1) is 28.6. The molecule has 3 rings (SSSR count). The highest BCUT2D eigenvalue weighted by Crippen LogP contribution is 2.30. The van der Waals surface area contributed by atoms with Crippen LogP contribution in [0.25, 0.3) is 0 Å². The summed E-state index contributed by atoms with van der Waals surface area (Å²) in [7, 11) is 0. The Balaban J connectivity index is 0.000000641. The molecule has 0 fully saturated rings. The van der Waals surface area contributed by atoms with E-state index < -0.39 is 11.9 Å². The standard InChI is InChI=1S/C24H29BrN2OS.C2H2O4/c1-18-13-20(24(2,3)4)7-10-23(18)29-16-22(14-27-12-11-26-17-27)28-15-19-5-8-21(25)9-6-19;3-1(4)2(5)6/h5-13,17,22H,14-16H2,1-4H3;(H,3,4)(H,5,6). The minimum atomic E-state index is -1.82. The van der Waals surface area contributed by atoms with E-state index in [1.807, 2.05) is 30.5 Å². The van der Waals surface area contributed by atoms with Crippen LogP contribution in [0, 0.1) is 6.92 Å². The summed E-state index contributed by atoms with van der Waals surface area (Å²) in [6, 6.07) is 15.1. The number of nitrogens with zero attached hydrogens (tertiary/aromatic N) is 2. The van der Waals surface area contributed by atoms with Crippen LogP contribution in [-0.4, -0.2) is 43.6 Å². The fourth-order valence-electron chi connectivity index (χ4n) is 3.04. The van der Waals surface area contributed by atoms with E-state index in [0.717, 1.165) is 16.8 Å². The number of carboxylic acids is 2. The quantitative estimate of drug-likeness (QED) is 0.265. The minimum absolute atomic E-state index is 0.0968. The maximum atomic E-state index is 9.10. The van der Waals surface area contributed by atoms with E-state index in [9.17, 15) is 0 Å². The molecule has 0 spiro atoms. The van der Waals surface area contributed by atoms with E-state index in [1.54, 1.807) is 0 Å². The molecule has 0 saturated carbocycles. The lowest BCUT2D eigenvalue weighted by Gasteiger charge is -2.22. The van der Waals surface area contributed by atoms with Crippen molar-refractivity contribution in [1.82, 2.24) is 9.55 Å². The van der Waals surface area contributed by atoms with Gasteiger partial charge in [0.05, 0.1) is 25.6 Å². The molecule has 2 N–H and O–H groups in total. The van der Waals surface area contributed by atoms with Gasteiger partial charge in [-0.1, -0.05) is 61.0 Å². The zero-order valence-electron chi connectivity index (χ0n) is 20.3. The number of ether oxygens (including phenoxy) is 1. The summed E-state index contributed by atoms with van der Waals surface area (Å²) in [6.45, 7) is 10.4. The van der Waals surface area contributed by atoms with Gasteiger partial charge in [0.1, 0.15) is 0 Å². The van der Waals surface area contributed by atoms with Gasteiger partial charge in [0, 0.05) is 27.5 Å². The molecule has 188 valence electrons. The van der Waals surface area contributed by atoms with Gasteiger partial charge < -0.3 is 19.5 Å². The van der Waals surface area contributed by atoms with Gasteiger partial charge in [-0.15, -0.1) is 11.8 Å². The number of imidazole rings is 1. The summed E-state index contributed by atoms with van der Waals surface area (Å²) in [5.41, 5.74) is 4.06. The zero-order valence-corrected chi connectivity index (χ0v) is 22.7. The minimum Gasteiger partial charge on any atom is -0.473 e. The molecule has 7 nitrogen and oxygen atoms in total. The Hall–Kier alpha value is -2.62. The summed E-state index contributed by atoms with van der Waals surface area (Å²) in [5.74, 6) is -2.75. The van der Waals surface area contributed by atoms with Crippen molar-refractivity contribution in [2.24, 2.45) is 0 Å². The molecule has 1 unspecified atom stereocenters. The van der Waals surface area contributed by atoms with E-state index in [0.29, 0.717) is 6.61 Å². The number of halogens is 1. The van der Waals surface area contributed by atoms with Gasteiger partial charge in [-0.2, -0.15) is 0 Å². The summed E-state index contributed by atoms with van der Waals surface area (Å²) < 4.78 is 9.47. The largest absolute Gasteiger partial charge is 0.473 e. The summed E-state index contributed by atoms with van der Waals surface area (Å²) >= 11 is 5.35. The van der Waals surface area contributed by atoms with Gasteiger partial charge in [0.25, 0.3) is 0 Å². The second-order valence-electron chi connectivity index (χ2n) is 8.97. The first-order valence-corrected chi connectivity index (χ1v) is 12.8. The number of aromatic nitrogens is 2. The molecule has 1 aromatic heterocycles. The third kappa shape index (κ3) is 10.3. The molecule has 0 radical (unpaired) electrons. The van der Waals surface area contributed by atoms with Gasteiger partial charge >= 0.3 is 11.9 Å². The maximum absolute atomic E-state index is 9.10. The number of hydrogen-bond donors (Lipinski definition) is 2. The van der Waals surface area contributed by atoms with Gasteiger partial charge in [-0.3, -0.25) is 0 Å². The van der Waals surface area contributed by atoms with Crippen molar-refractivity contribution in [1.29, 1.82) is 0 Å². The van der Waals surface area contributed by atoms with Gasteiger partial charge in [-0.25, -0.2) is 14.6 Å². The van der Waals surface area contributed by atoms with E-state index in [4.69, 9.17) is 24.5 Å². The summed E-state index contributed by atoms with van der Waals surface area (Å²) in [5, 5.41) is 14.8. The van der Waals surface area contributed by atoms with Crippen LogP contribution in [0.2, 0.25) is 0 Å². The molecular weight excluding hydrogens is 532 g/mol. The lowest BCUT2D eigenvalue weighted by molar-refractivity contribution is -0.159. The first-order chi connectivity index (χ1) is 16.5. The summed E-state index contributed by atoms with van der Waals surface area (Å²) in [4.78, 5) is 23.7. The fraction of sp³-hybridized carbons (Fsp3) is 0.346. The fourth-order valence-corrected chi connectivity index (χ4v) is 4.32. The molecule has 0 aliphatic carbocycles. The molecule has 2 aromatic carbocycles. The lowest BCUT2D eigenvalue weighted by atomic mass is 9.86. The van der Waals surface area contributed by atoms with E-state index >= 15 is 0 Å². The molecule has 0 bridgehead atoms. The number of aliphatic carboxylic acids is 2. The molecule has 0 saturated heterocycles. The van der Waals surface area contributed by atoms with E-state index in [1.165, 1.54) is 21.6 Å². The van der Waals surface area contributed by atoms with E-state index in [-0.39, 0.29) is 11.5 Å². The predicted molar refractivity (Wildman–Crippen MR) is 141 cm³/mol. The van der Waals surface area contributed by atoms with Crippen molar-refractivity contribution in [2.75, 3.05) is 5.75 Å². The number of benzene rings is 2. The highest BCUT2D eigenvalue weighted by atomic mass is 79.9. The van der Waals surface area contributed by atoms with Crippen LogP contribution < -0.4 is 0 Å². The van der Waals surface area contributed by atoms with Crippen LogP contribution >= 0.6 is 27.7 Å². The molecule has 1 atom stereocenters. The molecule has 0 amide bonds. The lowest BCUT2D eigenvalue weighted by Crippen LogP contribution is -2.22. The zero-order chi connectivity index (χ0) is 26.0. The number of hydrogen-bond acceptors (Lipinski definition) is 5. The number of thioether (sulfide) groups is 1. The van der Waals surface area contributed by atoms with Crippen LogP contribution in [0.5, 0.6) is 0 Å². The molecule has 0 aliphatic heterocycles. The Kier molecular flexibility index (Phi) is 11.0. The Bertz CT molecular complexity index is 1080. The third-order valence-corrected chi connectivity index (χ3v) is 6.86. The van der Waals surface area contributed by atoms with Gasteiger partial charge in [-0.05, 0) is 47.2 Å². The Morgan fingerprint density at radius 1 is 1.11 bits per heavy atom. The molecule has 0 aliphatic rings. The van der Waals surface area contributed by atoms with Gasteiger partial charge in [0.2, 0.25) is 0 Å². The SMILES string of the molecule is Cc1cc(C(C)(C)C)ccc1SCC(Cn1ccnc1)OCc1ccc(Br)cc1.O=C(O)C(=O)O. The second-order valence-corrected chi connectivity index (χ2v) is 10.9. The third-order valence-electron chi connectivity index (χ3n) is 5.02. The van der Waals surface area contributed by atoms with Crippen molar-refractivity contribution in [3.63, 3.8) is 0 Å². The van der Waals surface area contributed by atoms with Crippen molar-refractivity contribution >= 4 is 39.6 Å². The number of carbonyl (C=O) groups is 2. The predicted octanol–water partition coefficient (Wildman–Crippen LogP) is 5.78. The van der Waals surface area contributed by atoms with Crippen molar-refractivity contribution in [3.8, 4) is 0 Å². The average molecular weight is 564 g/mol. The van der Waals surface area contributed by atoms with Crippen LogP contribution in [0.4, 0.5) is 0 Å². The van der Waals surface area contributed by atoms with Gasteiger partial charge in [0.15, 0.2) is 0 Å². The average Bonchev–Trinajstić information content (AvgIpc) is 3.30. The topological polar surface area (TPSA) is 102 Å². The number of carboxylic acid groups (broad SMARTS) is 2. The van der Waals surface area contributed by atoms with Crippen LogP contribution in [0.15, 0.2) is 70.6 Å². The van der Waals surface area contributed by atoms with E-state index in [2.05, 4.69) is 95.6 Å². The molecule has 35 heavy (non-hydrogen) atoms. The Labute approximate surface area is 218 Å². The summed E-state index contributed by atoms with van der Waals surface area (Å²) in [6.07, 6.45) is 5.75. The highest BCUT2D eigenvalue weighted by molar-refractivity contribution is 9.10. The highest BCUT2D eigenvalue weighted by Gasteiger charge is 2.16. The second kappa shape index (κ2) is 13.5. The molecular formula is C26H31BrN2O5S. The van der Waals surface area contributed by atoms with Crippen LogP contribution in [0.3, 0.4) is 0 Å². The van der Waals surface area contributed by atoms with Crippen LogP contribution in [-0.2, 0) is 32.9 Å². The Morgan fingerprint density at radius 3 is 2.29 bits per heavy atom. The monoisotopic (exact) mass is 562 g/mol. The van der Waals surface area contributed by atoms with Crippen molar-refractivity contribution < 1.29 is 24.5 Å². The normalized spacial score (nSPS) is 11.9. The Morgan fingerprint density at radius 2 is 1.77 bits per heavy atom. The van der Waals surface area contributed by atoms with Crippen LogP contribution in [0.1, 0.15) is 37.5 Å².